The van der Waals surface area contributed by atoms with Crippen molar-refractivity contribution < 1.29 is 37.7 Å². The predicted molar refractivity (Wildman–Crippen MR) is 117 cm³/mol. The molecule has 3 atom stereocenters. The van der Waals surface area contributed by atoms with E-state index in [1.807, 2.05) is 30.3 Å². The summed E-state index contributed by atoms with van der Waals surface area (Å²) in [6.07, 6.45) is -1.04. The smallest absolute Gasteiger partial charge is 0.410 e. The number of rotatable bonds is 7. The molecule has 1 saturated heterocycles. The summed E-state index contributed by atoms with van der Waals surface area (Å²) in [6, 6.07) is 14.0. The van der Waals surface area contributed by atoms with Crippen LogP contribution in [0.1, 0.15) is 30.1 Å². The average Bonchev–Trinajstić information content (AvgIpc) is 3.49. The number of hydrogen-bond donors (Lipinski definition) is 0. The van der Waals surface area contributed by atoms with Gasteiger partial charge in [0.1, 0.15) is 24.2 Å². The summed E-state index contributed by atoms with van der Waals surface area (Å²) in [5.41, 5.74) is 0.838. The van der Waals surface area contributed by atoms with Crippen LogP contribution in [0.3, 0.4) is 0 Å². The SMILES string of the molecule is COC1=CC(=O)OC1C(OC(=O)[C@@H]1CCCN1C(=O)OCc1ccccc1)c1ccccc1F. The van der Waals surface area contributed by atoms with E-state index in [0.29, 0.717) is 19.4 Å². The van der Waals surface area contributed by atoms with Gasteiger partial charge in [-0.1, -0.05) is 48.5 Å². The maximum atomic E-state index is 14.6. The standard InChI is InChI=1S/C25H24FNO7/c1-31-20-14-21(28)33-23(20)22(17-10-5-6-11-18(17)26)34-24(29)19-12-7-13-27(19)25(30)32-15-16-8-3-2-4-9-16/h2-6,8-11,14,19,22-23H,7,12-13,15H2,1H3/t19-,22?,23?/m0/s1. The first-order chi connectivity index (χ1) is 16.5. The third-order valence-corrected chi connectivity index (χ3v) is 5.71. The second-order valence-electron chi connectivity index (χ2n) is 7.88. The fourth-order valence-corrected chi connectivity index (χ4v) is 4.03. The third-order valence-electron chi connectivity index (χ3n) is 5.71. The number of nitrogens with zero attached hydrogens (tertiary/aromatic N) is 1. The molecule has 0 N–H and O–H groups in total. The molecular formula is C25H24FNO7. The zero-order chi connectivity index (χ0) is 24.1. The van der Waals surface area contributed by atoms with Crippen molar-refractivity contribution in [3.05, 3.63) is 83.4 Å². The molecule has 0 spiro atoms. The van der Waals surface area contributed by atoms with Gasteiger partial charge < -0.3 is 18.9 Å². The van der Waals surface area contributed by atoms with Crippen LogP contribution in [-0.2, 0) is 35.1 Å². The van der Waals surface area contributed by atoms with Crippen LogP contribution >= 0.6 is 0 Å². The second-order valence-corrected chi connectivity index (χ2v) is 7.88. The number of likely N-dealkylation sites (tertiary alicyclic amines) is 1. The number of esters is 2. The molecule has 2 heterocycles. The molecule has 2 aromatic rings. The van der Waals surface area contributed by atoms with Crippen LogP contribution in [0.15, 0.2) is 66.4 Å². The number of hydrogen-bond acceptors (Lipinski definition) is 7. The number of carbonyl (C=O) groups excluding carboxylic acids is 3. The van der Waals surface area contributed by atoms with Gasteiger partial charge in [-0.15, -0.1) is 0 Å². The van der Waals surface area contributed by atoms with Crippen LogP contribution in [0.4, 0.5) is 9.18 Å². The van der Waals surface area contributed by atoms with Crippen molar-refractivity contribution in [3.63, 3.8) is 0 Å². The van der Waals surface area contributed by atoms with Gasteiger partial charge >= 0.3 is 18.0 Å². The number of halogens is 1. The van der Waals surface area contributed by atoms with Crippen molar-refractivity contribution in [2.75, 3.05) is 13.7 Å². The summed E-state index contributed by atoms with van der Waals surface area (Å²) in [4.78, 5) is 39.0. The first-order valence-corrected chi connectivity index (χ1v) is 10.9. The Hall–Kier alpha value is -3.88. The zero-order valence-electron chi connectivity index (χ0n) is 18.5. The molecule has 2 aromatic carbocycles. The van der Waals surface area contributed by atoms with E-state index in [1.54, 1.807) is 6.07 Å². The number of ether oxygens (including phenoxy) is 4. The molecule has 0 aliphatic carbocycles. The molecule has 9 heteroatoms. The normalized spacial score (nSPS) is 20.4. The Labute approximate surface area is 195 Å². The molecule has 4 rings (SSSR count). The van der Waals surface area contributed by atoms with Crippen LogP contribution in [0.25, 0.3) is 0 Å². The fraction of sp³-hybridized carbons (Fsp3) is 0.320. The van der Waals surface area contributed by atoms with E-state index in [1.165, 1.54) is 30.2 Å². The van der Waals surface area contributed by atoms with Gasteiger partial charge in [0.05, 0.1) is 13.2 Å². The largest absolute Gasteiger partial charge is 0.497 e. The van der Waals surface area contributed by atoms with Crippen molar-refractivity contribution in [2.45, 2.75) is 37.7 Å². The van der Waals surface area contributed by atoms with E-state index in [9.17, 15) is 18.8 Å². The van der Waals surface area contributed by atoms with Crippen LogP contribution in [0, 0.1) is 5.82 Å². The molecule has 8 nitrogen and oxygen atoms in total. The molecular weight excluding hydrogens is 445 g/mol. The third kappa shape index (κ3) is 5.03. The predicted octanol–water partition coefficient (Wildman–Crippen LogP) is 3.67. The number of amides is 1. The van der Waals surface area contributed by atoms with Gasteiger partial charge in [0.2, 0.25) is 0 Å². The Balaban J connectivity index is 1.50. The Kier molecular flexibility index (Phi) is 7.10. The van der Waals surface area contributed by atoms with Crippen molar-refractivity contribution in [1.82, 2.24) is 4.90 Å². The topological polar surface area (TPSA) is 91.4 Å². The number of methoxy groups -OCH3 is 1. The number of cyclic esters (lactones) is 1. The monoisotopic (exact) mass is 469 g/mol. The highest BCUT2D eigenvalue weighted by Gasteiger charge is 2.43. The lowest BCUT2D eigenvalue weighted by molar-refractivity contribution is -0.166. The minimum Gasteiger partial charge on any atom is -0.497 e. The molecule has 0 bridgehead atoms. The van der Waals surface area contributed by atoms with Gasteiger partial charge in [-0.05, 0) is 24.5 Å². The first-order valence-electron chi connectivity index (χ1n) is 10.9. The summed E-state index contributed by atoms with van der Waals surface area (Å²) >= 11 is 0. The summed E-state index contributed by atoms with van der Waals surface area (Å²) in [7, 11) is 1.34. The molecule has 0 saturated carbocycles. The number of carbonyl (C=O) groups is 3. The van der Waals surface area contributed by atoms with Crippen molar-refractivity contribution in [1.29, 1.82) is 0 Å². The highest BCUT2D eigenvalue weighted by molar-refractivity contribution is 5.86. The fourth-order valence-electron chi connectivity index (χ4n) is 4.03. The van der Waals surface area contributed by atoms with Gasteiger partial charge in [0, 0.05) is 12.1 Å². The van der Waals surface area contributed by atoms with Gasteiger partial charge in [0.15, 0.2) is 12.2 Å². The Morgan fingerprint density at radius 1 is 1.15 bits per heavy atom. The lowest BCUT2D eigenvalue weighted by Crippen LogP contribution is -2.43. The summed E-state index contributed by atoms with van der Waals surface area (Å²) in [5.74, 6) is -1.96. The molecule has 34 heavy (non-hydrogen) atoms. The van der Waals surface area contributed by atoms with E-state index in [0.717, 1.165) is 11.6 Å². The minimum atomic E-state index is -1.30. The molecule has 2 unspecified atom stereocenters. The zero-order valence-corrected chi connectivity index (χ0v) is 18.5. The lowest BCUT2D eigenvalue weighted by atomic mass is 10.0. The van der Waals surface area contributed by atoms with E-state index in [4.69, 9.17) is 18.9 Å². The number of benzene rings is 2. The quantitative estimate of drug-likeness (QED) is 0.451. The molecule has 178 valence electrons. The van der Waals surface area contributed by atoms with Crippen molar-refractivity contribution in [2.24, 2.45) is 0 Å². The van der Waals surface area contributed by atoms with E-state index in [-0.39, 0.29) is 17.9 Å². The van der Waals surface area contributed by atoms with E-state index in [2.05, 4.69) is 0 Å². The molecule has 1 amide bonds. The summed E-state index contributed by atoms with van der Waals surface area (Å²) < 4.78 is 36.1. The molecule has 0 aromatic heterocycles. The second kappa shape index (κ2) is 10.4. The maximum Gasteiger partial charge on any atom is 0.410 e. The van der Waals surface area contributed by atoms with Gasteiger partial charge in [-0.3, -0.25) is 4.90 Å². The first kappa shape index (κ1) is 23.3. The molecule has 0 radical (unpaired) electrons. The molecule has 1 fully saturated rings. The van der Waals surface area contributed by atoms with Gasteiger partial charge in [-0.2, -0.15) is 0 Å². The van der Waals surface area contributed by atoms with Gasteiger partial charge in [0.25, 0.3) is 0 Å². The maximum absolute atomic E-state index is 14.6. The van der Waals surface area contributed by atoms with Crippen LogP contribution < -0.4 is 0 Å². The molecule has 2 aliphatic rings. The van der Waals surface area contributed by atoms with Crippen LogP contribution in [-0.4, -0.2) is 48.7 Å². The highest BCUT2D eigenvalue weighted by atomic mass is 19.1. The van der Waals surface area contributed by atoms with E-state index < -0.39 is 42.1 Å². The Morgan fingerprint density at radius 3 is 2.62 bits per heavy atom. The molecule has 2 aliphatic heterocycles. The van der Waals surface area contributed by atoms with Crippen LogP contribution in [0.5, 0.6) is 0 Å². The van der Waals surface area contributed by atoms with E-state index >= 15 is 0 Å². The average molecular weight is 469 g/mol. The highest BCUT2D eigenvalue weighted by Crippen LogP contribution is 2.34. The van der Waals surface area contributed by atoms with Crippen molar-refractivity contribution >= 4 is 18.0 Å². The minimum absolute atomic E-state index is 0.0229. The van der Waals surface area contributed by atoms with Crippen molar-refractivity contribution in [3.8, 4) is 0 Å². The Morgan fingerprint density at radius 2 is 1.88 bits per heavy atom. The van der Waals surface area contributed by atoms with Gasteiger partial charge in [-0.25, -0.2) is 18.8 Å². The summed E-state index contributed by atoms with van der Waals surface area (Å²) in [5, 5.41) is 0. The Bertz CT molecular complexity index is 1090. The lowest BCUT2D eigenvalue weighted by Gasteiger charge is -2.28. The summed E-state index contributed by atoms with van der Waals surface area (Å²) in [6.45, 7) is 0.384. The van der Waals surface area contributed by atoms with Crippen LogP contribution in [0.2, 0.25) is 0 Å².